The largest absolute Gasteiger partial charge is 0.465 e. The summed E-state index contributed by atoms with van der Waals surface area (Å²) in [7, 11) is 1.65. The van der Waals surface area contributed by atoms with Gasteiger partial charge in [-0.1, -0.05) is 18.8 Å². The molecule has 2 N–H and O–H groups in total. The highest BCUT2D eigenvalue weighted by Gasteiger charge is 2.25. The molecule has 0 unspecified atom stereocenters. The van der Waals surface area contributed by atoms with Gasteiger partial charge in [0.2, 0.25) is 0 Å². The molecule has 20 heavy (non-hydrogen) atoms. The van der Waals surface area contributed by atoms with E-state index in [4.69, 9.17) is 10.2 Å². The van der Waals surface area contributed by atoms with E-state index >= 15 is 0 Å². The first-order valence-corrected chi connectivity index (χ1v) is 7.35. The van der Waals surface area contributed by atoms with Crippen molar-refractivity contribution >= 4 is 6.09 Å². The Morgan fingerprint density at radius 1 is 1.30 bits per heavy atom. The lowest BCUT2D eigenvalue weighted by Gasteiger charge is -2.31. The van der Waals surface area contributed by atoms with Gasteiger partial charge in [0.1, 0.15) is 0 Å². The van der Waals surface area contributed by atoms with Gasteiger partial charge in [0.25, 0.3) is 0 Å². The van der Waals surface area contributed by atoms with Crippen LogP contribution in [0.25, 0.3) is 0 Å². The SMILES string of the molecule is CCN(CC#CC1CCC(N(C)C(=O)O)CC1)CCO. The smallest absolute Gasteiger partial charge is 0.407 e. The average Bonchev–Trinajstić information content (AvgIpc) is 2.46. The highest BCUT2D eigenvalue weighted by molar-refractivity contribution is 5.64. The van der Waals surface area contributed by atoms with E-state index in [1.54, 1.807) is 7.05 Å². The van der Waals surface area contributed by atoms with Crippen LogP contribution in [0.2, 0.25) is 0 Å². The first-order chi connectivity index (χ1) is 9.58. The number of hydrogen-bond acceptors (Lipinski definition) is 3. The fourth-order valence-electron chi connectivity index (χ4n) is 2.56. The van der Waals surface area contributed by atoms with Gasteiger partial charge >= 0.3 is 6.09 Å². The number of hydrogen-bond donors (Lipinski definition) is 2. The summed E-state index contributed by atoms with van der Waals surface area (Å²) in [6.07, 6.45) is 2.90. The van der Waals surface area contributed by atoms with Crippen LogP contribution in [0.3, 0.4) is 0 Å². The molecule has 5 nitrogen and oxygen atoms in total. The molecular weight excluding hydrogens is 256 g/mol. The molecular formula is C15H26N2O3. The van der Waals surface area contributed by atoms with Gasteiger partial charge in [-0.2, -0.15) is 0 Å². The molecule has 1 rings (SSSR count). The Kier molecular flexibility index (Phi) is 7.42. The third kappa shape index (κ3) is 5.40. The van der Waals surface area contributed by atoms with Crippen LogP contribution in [0.15, 0.2) is 0 Å². The molecule has 0 aromatic carbocycles. The van der Waals surface area contributed by atoms with E-state index in [1.165, 1.54) is 4.90 Å². The second kappa shape index (κ2) is 8.83. The molecule has 1 fully saturated rings. The summed E-state index contributed by atoms with van der Waals surface area (Å²) in [5, 5.41) is 17.9. The van der Waals surface area contributed by atoms with E-state index in [0.717, 1.165) is 32.2 Å². The lowest BCUT2D eigenvalue weighted by molar-refractivity contribution is 0.123. The summed E-state index contributed by atoms with van der Waals surface area (Å²) in [4.78, 5) is 14.4. The molecule has 0 aliphatic heterocycles. The zero-order valence-electron chi connectivity index (χ0n) is 12.5. The maximum absolute atomic E-state index is 10.9. The van der Waals surface area contributed by atoms with Gasteiger partial charge in [-0.3, -0.25) is 4.90 Å². The van der Waals surface area contributed by atoms with Crippen molar-refractivity contribution in [2.45, 2.75) is 38.6 Å². The number of amides is 1. The zero-order chi connectivity index (χ0) is 15.0. The monoisotopic (exact) mass is 282 g/mol. The van der Waals surface area contributed by atoms with Crippen LogP contribution in [0, 0.1) is 17.8 Å². The highest BCUT2D eigenvalue weighted by atomic mass is 16.4. The van der Waals surface area contributed by atoms with Crippen LogP contribution in [0.5, 0.6) is 0 Å². The van der Waals surface area contributed by atoms with Crippen LogP contribution in [-0.4, -0.2) is 65.4 Å². The summed E-state index contributed by atoms with van der Waals surface area (Å²) >= 11 is 0. The van der Waals surface area contributed by atoms with Gasteiger partial charge in [0.15, 0.2) is 0 Å². The fraction of sp³-hybridized carbons (Fsp3) is 0.800. The summed E-state index contributed by atoms with van der Waals surface area (Å²) in [6, 6.07) is 0.145. The minimum absolute atomic E-state index is 0.145. The molecule has 5 heteroatoms. The van der Waals surface area contributed by atoms with Gasteiger partial charge in [0.05, 0.1) is 13.2 Å². The number of carbonyl (C=O) groups is 1. The molecule has 0 radical (unpaired) electrons. The van der Waals surface area contributed by atoms with E-state index < -0.39 is 6.09 Å². The quantitative estimate of drug-likeness (QED) is 0.750. The third-order valence-corrected chi connectivity index (χ3v) is 4.02. The van der Waals surface area contributed by atoms with Crippen molar-refractivity contribution in [2.75, 3.05) is 33.3 Å². The molecule has 0 spiro atoms. The predicted octanol–water partition coefficient (Wildman–Crippen LogP) is 1.47. The number of likely N-dealkylation sites (N-methyl/N-ethyl adjacent to an activating group) is 1. The third-order valence-electron chi connectivity index (χ3n) is 4.02. The minimum Gasteiger partial charge on any atom is -0.465 e. The Morgan fingerprint density at radius 3 is 2.45 bits per heavy atom. The molecule has 1 saturated carbocycles. The van der Waals surface area contributed by atoms with Crippen LogP contribution in [0.4, 0.5) is 4.79 Å². The first kappa shape index (κ1) is 16.8. The van der Waals surface area contributed by atoms with E-state index in [2.05, 4.69) is 23.7 Å². The van der Waals surface area contributed by atoms with Gasteiger partial charge < -0.3 is 15.1 Å². The maximum Gasteiger partial charge on any atom is 0.407 e. The van der Waals surface area contributed by atoms with Crippen molar-refractivity contribution in [2.24, 2.45) is 5.92 Å². The summed E-state index contributed by atoms with van der Waals surface area (Å²) in [5.41, 5.74) is 0. The van der Waals surface area contributed by atoms with Crippen molar-refractivity contribution in [3.05, 3.63) is 0 Å². The number of aliphatic hydroxyl groups excluding tert-OH is 1. The molecule has 1 amide bonds. The Bertz CT molecular complexity index is 354. The predicted molar refractivity (Wildman–Crippen MR) is 78.5 cm³/mol. The second-order valence-corrected chi connectivity index (χ2v) is 5.31. The summed E-state index contributed by atoms with van der Waals surface area (Å²) in [5.74, 6) is 6.88. The summed E-state index contributed by atoms with van der Waals surface area (Å²) < 4.78 is 0. The van der Waals surface area contributed by atoms with Gasteiger partial charge in [-0.15, -0.1) is 0 Å². The Hall–Kier alpha value is -1.25. The molecule has 1 aliphatic carbocycles. The van der Waals surface area contributed by atoms with E-state index in [0.29, 0.717) is 19.0 Å². The van der Waals surface area contributed by atoms with E-state index in [1.807, 2.05) is 0 Å². The van der Waals surface area contributed by atoms with Gasteiger partial charge in [-0.25, -0.2) is 4.79 Å². The number of aliphatic hydroxyl groups is 1. The molecule has 0 heterocycles. The van der Waals surface area contributed by atoms with Crippen LogP contribution < -0.4 is 0 Å². The fourth-order valence-corrected chi connectivity index (χ4v) is 2.56. The zero-order valence-corrected chi connectivity index (χ0v) is 12.5. The topological polar surface area (TPSA) is 64.0 Å². The minimum atomic E-state index is -0.845. The van der Waals surface area contributed by atoms with Crippen molar-refractivity contribution in [3.8, 4) is 11.8 Å². The standard InChI is InChI=1S/C15H26N2O3/c1-3-17(11-12-18)10-4-5-13-6-8-14(9-7-13)16(2)15(19)20/h13-14,18H,3,6-12H2,1-2H3,(H,19,20). The number of rotatable bonds is 5. The Balaban J connectivity index is 2.34. The number of carboxylic acid groups (broad SMARTS) is 1. The average molecular weight is 282 g/mol. The van der Waals surface area contributed by atoms with Crippen LogP contribution >= 0.6 is 0 Å². The number of nitrogens with zero attached hydrogens (tertiary/aromatic N) is 2. The van der Waals surface area contributed by atoms with Crippen molar-refractivity contribution in [1.29, 1.82) is 0 Å². The first-order valence-electron chi connectivity index (χ1n) is 7.35. The highest BCUT2D eigenvalue weighted by Crippen LogP contribution is 2.26. The van der Waals surface area contributed by atoms with Crippen molar-refractivity contribution in [1.82, 2.24) is 9.80 Å². The molecule has 0 saturated heterocycles. The molecule has 0 atom stereocenters. The molecule has 114 valence electrons. The normalized spacial score (nSPS) is 22.2. The molecule has 0 aromatic heterocycles. The van der Waals surface area contributed by atoms with Gasteiger partial charge in [-0.05, 0) is 32.2 Å². The molecule has 0 bridgehead atoms. The molecule has 1 aliphatic rings. The summed E-state index contributed by atoms with van der Waals surface area (Å²) in [6.45, 7) is 4.49. The van der Waals surface area contributed by atoms with Crippen LogP contribution in [-0.2, 0) is 0 Å². The van der Waals surface area contributed by atoms with Crippen molar-refractivity contribution < 1.29 is 15.0 Å². The maximum atomic E-state index is 10.9. The van der Waals surface area contributed by atoms with Crippen molar-refractivity contribution in [3.63, 3.8) is 0 Å². The van der Waals surface area contributed by atoms with E-state index in [9.17, 15) is 4.79 Å². The molecule has 0 aromatic rings. The Labute approximate surface area is 121 Å². The second-order valence-electron chi connectivity index (χ2n) is 5.31. The van der Waals surface area contributed by atoms with Crippen LogP contribution in [0.1, 0.15) is 32.6 Å². The lowest BCUT2D eigenvalue weighted by Crippen LogP contribution is -2.38. The van der Waals surface area contributed by atoms with Gasteiger partial charge in [0, 0.05) is 25.6 Å². The van der Waals surface area contributed by atoms with E-state index in [-0.39, 0.29) is 12.6 Å². The Morgan fingerprint density at radius 2 is 1.95 bits per heavy atom. The lowest BCUT2D eigenvalue weighted by atomic mass is 9.86.